The predicted octanol–water partition coefficient (Wildman–Crippen LogP) is 3.02. The first kappa shape index (κ1) is 15.7. The lowest BCUT2D eigenvalue weighted by Gasteiger charge is -2.31. The van der Waals surface area contributed by atoms with Crippen LogP contribution in [0.4, 0.5) is 4.39 Å². The molecule has 1 N–H and O–H groups in total. The van der Waals surface area contributed by atoms with Gasteiger partial charge in [-0.25, -0.2) is 4.39 Å². The summed E-state index contributed by atoms with van der Waals surface area (Å²) in [6.45, 7) is 2.67. The summed E-state index contributed by atoms with van der Waals surface area (Å²) in [4.78, 5) is 0. The van der Waals surface area contributed by atoms with Crippen LogP contribution in [0.3, 0.4) is 0 Å². The SMILES string of the molecule is C[C@@H](F)[C@H]1CN[C@@H](Cc2ccc(Cl)cc2)CO1.Cl. The van der Waals surface area contributed by atoms with Crippen LogP contribution in [0, 0.1) is 0 Å². The van der Waals surface area contributed by atoms with Gasteiger partial charge in [0, 0.05) is 17.6 Å². The van der Waals surface area contributed by atoms with Crippen molar-refractivity contribution in [2.75, 3.05) is 13.2 Å². The Morgan fingerprint density at radius 3 is 2.61 bits per heavy atom. The molecule has 0 spiro atoms. The molecule has 5 heteroatoms. The van der Waals surface area contributed by atoms with E-state index in [0.717, 1.165) is 11.4 Å². The Morgan fingerprint density at radius 2 is 2.11 bits per heavy atom. The Hall–Kier alpha value is -0.350. The van der Waals surface area contributed by atoms with E-state index in [-0.39, 0.29) is 24.6 Å². The van der Waals surface area contributed by atoms with Gasteiger partial charge in [-0.3, -0.25) is 0 Å². The smallest absolute Gasteiger partial charge is 0.125 e. The minimum Gasteiger partial charge on any atom is -0.372 e. The van der Waals surface area contributed by atoms with Gasteiger partial charge in [0.1, 0.15) is 12.3 Å². The van der Waals surface area contributed by atoms with Crippen molar-refractivity contribution in [1.82, 2.24) is 5.32 Å². The number of hydrogen-bond donors (Lipinski definition) is 1. The number of hydrogen-bond acceptors (Lipinski definition) is 2. The largest absolute Gasteiger partial charge is 0.372 e. The van der Waals surface area contributed by atoms with E-state index >= 15 is 0 Å². The van der Waals surface area contributed by atoms with Gasteiger partial charge in [0.15, 0.2) is 0 Å². The van der Waals surface area contributed by atoms with Gasteiger partial charge in [0.25, 0.3) is 0 Å². The minimum absolute atomic E-state index is 0. The van der Waals surface area contributed by atoms with Crippen LogP contribution in [-0.4, -0.2) is 31.5 Å². The number of ether oxygens (including phenoxy) is 1. The maximum atomic E-state index is 13.0. The van der Waals surface area contributed by atoms with Crippen molar-refractivity contribution in [3.63, 3.8) is 0 Å². The third-order valence-corrected chi connectivity index (χ3v) is 3.28. The van der Waals surface area contributed by atoms with Crippen LogP contribution in [0.25, 0.3) is 0 Å². The number of nitrogens with one attached hydrogen (secondary N) is 1. The van der Waals surface area contributed by atoms with Gasteiger partial charge >= 0.3 is 0 Å². The van der Waals surface area contributed by atoms with E-state index in [2.05, 4.69) is 5.32 Å². The Bertz CT molecular complexity index is 351. The monoisotopic (exact) mass is 293 g/mol. The average molecular weight is 294 g/mol. The molecule has 1 saturated heterocycles. The van der Waals surface area contributed by atoms with E-state index < -0.39 is 6.17 Å². The van der Waals surface area contributed by atoms with E-state index in [4.69, 9.17) is 16.3 Å². The van der Waals surface area contributed by atoms with Crippen molar-refractivity contribution in [1.29, 1.82) is 0 Å². The summed E-state index contributed by atoms with van der Waals surface area (Å²) in [6.07, 6.45) is -0.347. The molecule has 2 rings (SSSR count). The maximum Gasteiger partial charge on any atom is 0.125 e. The molecule has 3 atom stereocenters. The van der Waals surface area contributed by atoms with Crippen molar-refractivity contribution in [3.05, 3.63) is 34.9 Å². The zero-order valence-corrected chi connectivity index (χ0v) is 11.8. The molecule has 0 bridgehead atoms. The van der Waals surface area contributed by atoms with Gasteiger partial charge in [-0.1, -0.05) is 23.7 Å². The third-order valence-electron chi connectivity index (χ3n) is 3.03. The van der Waals surface area contributed by atoms with Gasteiger partial charge in [-0.15, -0.1) is 12.4 Å². The highest BCUT2D eigenvalue weighted by molar-refractivity contribution is 6.30. The minimum atomic E-state index is -0.918. The molecule has 1 aliphatic rings. The van der Waals surface area contributed by atoms with Crippen molar-refractivity contribution in [2.45, 2.75) is 31.7 Å². The van der Waals surface area contributed by atoms with E-state index in [1.54, 1.807) is 0 Å². The van der Waals surface area contributed by atoms with E-state index in [1.807, 2.05) is 24.3 Å². The van der Waals surface area contributed by atoms with Gasteiger partial charge in [-0.05, 0) is 31.0 Å². The molecule has 1 fully saturated rings. The average Bonchev–Trinajstić information content (AvgIpc) is 2.33. The van der Waals surface area contributed by atoms with Crippen LogP contribution in [0.5, 0.6) is 0 Å². The molecule has 0 amide bonds. The van der Waals surface area contributed by atoms with Gasteiger partial charge in [0.2, 0.25) is 0 Å². The first-order chi connectivity index (χ1) is 8.15. The zero-order chi connectivity index (χ0) is 12.3. The molecule has 0 saturated carbocycles. The molecule has 0 radical (unpaired) electrons. The quantitative estimate of drug-likeness (QED) is 0.925. The number of rotatable bonds is 3. The van der Waals surface area contributed by atoms with Crippen LogP contribution < -0.4 is 5.32 Å². The number of alkyl halides is 1. The summed E-state index contributed by atoms with van der Waals surface area (Å²) in [5.74, 6) is 0. The van der Waals surface area contributed by atoms with E-state index in [1.165, 1.54) is 12.5 Å². The zero-order valence-electron chi connectivity index (χ0n) is 10.2. The summed E-state index contributed by atoms with van der Waals surface area (Å²) < 4.78 is 18.5. The van der Waals surface area contributed by atoms with Crippen LogP contribution in [0.2, 0.25) is 5.02 Å². The molecule has 18 heavy (non-hydrogen) atoms. The highest BCUT2D eigenvalue weighted by atomic mass is 35.5. The maximum absolute atomic E-state index is 13.0. The van der Waals surface area contributed by atoms with Crippen LogP contribution in [0.1, 0.15) is 12.5 Å². The first-order valence-corrected chi connectivity index (χ1v) is 6.26. The Balaban J connectivity index is 0.00000162. The molecule has 1 aromatic rings. The van der Waals surface area contributed by atoms with Crippen LogP contribution in [0.15, 0.2) is 24.3 Å². The second kappa shape index (κ2) is 7.29. The fourth-order valence-corrected chi connectivity index (χ4v) is 2.10. The van der Waals surface area contributed by atoms with Crippen molar-refractivity contribution >= 4 is 24.0 Å². The molecule has 0 aromatic heterocycles. The molecular weight excluding hydrogens is 276 g/mol. The normalized spacial score (nSPS) is 25.3. The highest BCUT2D eigenvalue weighted by Crippen LogP contribution is 2.14. The summed E-state index contributed by atoms with van der Waals surface area (Å²) in [5, 5.41) is 4.06. The van der Waals surface area contributed by atoms with Crippen LogP contribution in [-0.2, 0) is 11.2 Å². The molecule has 0 aliphatic carbocycles. The van der Waals surface area contributed by atoms with E-state index in [0.29, 0.717) is 13.2 Å². The molecule has 1 aliphatic heterocycles. The topological polar surface area (TPSA) is 21.3 Å². The second-order valence-electron chi connectivity index (χ2n) is 4.49. The summed E-state index contributed by atoms with van der Waals surface area (Å²) in [7, 11) is 0. The Morgan fingerprint density at radius 1 is 1.44 bits per heavy atom. The Labute approximate surface area is 118 Å². The van der Waals surface area contributed by atoms with Crippen LogP contribution >= 0.6 is 24.0 Å². The molecule has 102 valence electrons. The number of halogens is 3. The molecule has 2 nitrogen and oxygen atoms in total. The van der Waals surface area contributed by atoms with E-state index in [9.17, 15) is 4.39 Å². The molecule has 1 heterocycles. The summed E-state index contributed by atoms with van der Waals surface area (Å²) in [6, 6.07) is 8.04. The first-order valence-electron chi connectivity index (χ1n) is 5.88. The fraction of sp³-hybridized carbons (Fsp3) is 0.538. The molecule has 0 unspecified atom stereocenters. The second-order valence-corrected chi connectivity index (χ2v) is 4.92. The van der Waals surface area contributed by atoms with Crippen molar-refractivity contribution in [2.24, 2.45) is 0 Å². The molecule has 1 aromatic carbocycles. The third kappa shape index (κ3) is 4.39. The standard InChI is InChI=1S/C13H17ClFNO.ClH/c1-9(15)13-7-16-12(8-17-13)6-10-2-4-11(14)5-3-10;/h2-5,9,12-13,16H,6-8H2,1H3;1H/t9-,12+,13-;/m1./s1. The summed E-state index contributed by atoms with van der Waals surface area (Å²) >= 11 is 5.83. The predicted molar refractivity (Wildman–Crippen MR) is 74.5 cm³/mol. The number of benzene rings is 1. The Kier molecular flexibility index (Phi) is 6.36. The lowest BCUT2D eigenvalue weighted by molar-refractivity contribution is -0.0340. The highest BCUT2D eigenvalue weighted by Gasteiger charge is 2.25. The lowest BCUT2D eigenvalue weighted by atomic mass is 10.0. The lowest BCUT2D eigenvalue weighted by Crippen LogP contribution is -2.50. The van der Waals surface area contributed by atoms with Gasteiger partial charge in [0.05, 0.1) is 6.61 Å². The number of morpholine rings is 1. The van der Waals surface area contributed by atoms with Gasteiger partial charge < -0.3 is 10.1 Å². The fourth-order valence-electron chi connectivity index (χ4n) is 1.97. The van der Waals surface area contributed by atoms with Crippen molar-refractivity contribution < 1.29 is 9.13 Å². The van der Waals surface area contributed by atoms with Crippen molar-refractivity contribution in [3.8, 4) is 0 Å². The molecular formula is C13H18Cl2FNO. The summed E-state index contributed by atoms with van der Waals surface area (Å²) in [5.41, 5.74) is 1.21. The van der Waals surface area contributed by atoms with Gasteiger partial charge in [-0.2, -0.15) is 0 Å².